The summed E-state index contributed by atoms with van der Waals surface area (Å²) < 4.78 is 27.4. The van der Waals surface area contributed by atoms with E-state index < -0.39 is 0 Å². The summed E-state index contributed by atoms with van der Waals surface area (Å²) in [6.07, 6.45) is 0. The van der Waals surface area contributed by atoms with Crippen LogP contribution in [0.1, 0.15) is 52.7 Å². The van der Waals surface area contributed by atoms with Crippen LogP contribution in [-0.4, -0.2) is 0 Å². The van der Waals surface area contributed by atoms with E-state index in [0.29, 0.717) is 0 Å². The Balaban J connectivity index is 0.783. The minimum atomic E-state index is -0.0790. The van der Waals surface area contributed by atoms with E-state index in [1.807, 2.05) is 0 Å². The predicted octanol–water partition coefficient (Wildman–Crippen LogP) is 22.3. The molecule has 16 rings (SSSR count). The Morgan fingerprint density at radius 1 is 0.250 bits per heavy atom. The van der Waals surface area contributed by atoms with Gasteiger partial charge in [0.25, 0.3) is 0 Å². The van der Waals surface area contributed by atoms with Gasteiger partial charge < -0.3 is 27.5 Å². The van der Waals surface area contributed by atoms with Gasteiger partial charge >= 0.3 is 0 Å². The number of fused-ring (bicyclic) bond motifs is 15. The lowest BCUT2D eigenvalue weighted by molar-refractivity contribution is 0.572. The van der Waals surface area contributed by atoms with Crippen molar-refractivity contribution >= 4 is 154 Å². The molecule has 0 unspecified atom stereocenters. The van der Waals surface area contributed by atoms with Gasteiger partial charge in [0, 0.05) is 77.0 Å². The quantitative estimate of drug-likeness (QED) is 0.165. The smallest absolute Gasteiger partial charge is 0.159 e. The van der Waals surface area contributed by atoms with Crippen molar-refractivity contribution in [1.29, 1.82) is 0 Å². The monoisotopic (exact) mass is 1030 g/mol. The zero-order chi connectivity index (χ0) is 53.8. The zero-order valence-corrected chi connectivity index (χ0v) is 45.3. The second kappa shape index (κ2) is 16.9. The minimum Gasteiger partial charge on any atom is -0.456 e. The maximum absolute atomic E-state index is 6.93. The minimum absolute atomic E-state index is 0.0790. The molecule has 0 fully saturated rings. The van der Waals surface area contributed by atoms with Crippen LogP contribution in [0.15, 0.2) is 236 Å². The number of hydrogen-bond acceptors (Lipinski definition) is 6. The highest BCUT2D eigenvalue weighted by atomic mass is 16.3. The van der Waals surface area contributed by atoms with Crippen LogP contribution in [0.3, 0.4) is 0 Å². The van der Waals surface area contributed by atoms with Crippen molar-refractivity contribution in [2.75, 3.05) is 9.80 Å². The van der Waals surface area contributed by atoms with Crippen molar-refractivity contribution in [2.24, 2.45) is 0 Å². The highest BCUT2D eigenvalue weighted by molar-refractivity contribution is 6.19. The summed E-state index contributed by atoms with van der Waals surface area (Å²) in [5.41, 5.74) is 15.3. The maximum atomic E-state index is 6.93. The van der Waals surface area contributed by atoms with Crippen molar-refractivity contribution in [1.82, 2.24) is 0 Å². The molecule has 0 aliphatic carbocycles. The molecule has 384 valence electrons. The number of furan rings is 4. The molecule has 0 aliphatic heterocycles. The molecule has 0 amide bonds. The van der Waals surface area contributed by atoms with Gasteiger partial charge in [-0.3, -0.25) is 0 Å². The van der Waals surface area contributed by atoms with Gasteiger partial charge in [-0.05, 0) is 152 Å². The highest BCUT2D eigenvalue weighted by Gasteiger charge is 2.27. The van der Waals surface area contributed by atoms with Crippen molar-refractivity contribution in [3.8, 4) is 0 Å². The number of rotatable bonds is 6. The third kappa shape index (κ3) is 7.11. The molecule has 0 saturated carbocycles. The summed E-state index contributed by atoms with van der Waals surface area (Å²) >= 11 is 0. The van der Waals surface area contributed by atoms with Gasteiger partial charge in [-0.1, -0.05) is 151 Å². The number of benzene rings is 12. The van der Waals surface area contributed by atoms with Crippen molar-refractivity contribution in [2.45, 2.75) is 52.4 Å². The number of anilines is 6. The Hall–Kier alpha value is -9.78. The first-order valence-corrected chi connectivity index (χ1v) is 27.6. The van der Waals surface area contributed by atoms with Crippen molar-refractivity contribution in [3.05, 3.63) is 230 Å². The first-order valence-electron chi connectivity index (χ1n) is 27.6. The van der Waals surface area contributed by atoms with Crippen LogP contribution >= 0.6 is 0 Å². The molecule has 0 atom stereocenters. The van der Waals surface area contributed by atoms with E-state index in [-0.39, 0.29) is 10.8 Å². The third-order valence-corrected chi connectivity index (χ3v) is 16.6. The lowest BCUT2D eigenvalue weighted by Crippen LogP contribution is -2.11. The Labute approximate surface area is 461 Å². The van der Waals surface area contributed by atoms with Gasteiger partial charge in [0.15, 0.2) is 11.2 Å². The molecule has 12 aromatic carbocycles. The summed E-state index contributed by atoms with van der Waals surface area (Å²) in [6, 6.07) is 78.3. The second-order valence-corrected chi connectivity index (χ2v) is 23.7. The van der Waals surface area contributed by atoms with E-state index in [9.17, 15) is 0 Å². The summed E-state index contributed by atoms with van der Waals surface area (Å²) in [7, 11) is 0. The molecule has 6 nitrogen and oxygen atoms in total. The van der Waals surface area contributed by atoms with Crippen LogP contribution in [-0.2, 0) is 10.8 Å². The molecule has 0 N–H and O–H groups in total. The fraction of sp³-hybridized carbons (Fsp3) is 0.108. The molecule has 6 heteroatoms. The standard InChI is InChI=1S/C74H54N2O4/c1-73(2,3)61-25-13-21-53-55-23-15-27-63(71(55)79-69(53)61)75(49-17-9-7-10-18-49)51-31-29-43-35-57-59-37-47-38-60-58-36-44-30-32-52(34-46(44)40-66(58)78-68(60)42-48(47)41-67(59)77-65(57)39-45(43)33-51)76(50-19-11-8-12-20-50)64-28-16-24-56-54-22-14-26-62(74(4,5)6)70(54)80-72(56)64/h7-42H,1-6H3. The molecule has 0 bridgehead atoms. The molecule has 0 radical (unpaired) electrons. The van der Waals surface area contributed by atoms with Crippen molar-refractivity contribution in [3.63, 3.8) is 0 Å². The fourth-order valence-corrected chi connectivity index (χ4v) is 12.7. The first-order chi connectivity index (χ1) is 38.9. The number of nitrogens with zero attached hydrogens (tertiary/aromatic N) is 2. The summed E-state index contributed by atoms with van der Waals surface area (Å²) in [6.45, 7) is 13.5. The van der Waals surface area contributed by atoms with Gasteiger partial charge in [0.1, 0.15) is 33.5 Å². The molecule has 0 spiro atoms. The van der Waals surface area contributed by atoms with Crippen LogP contribution in [0.4, 0.5) is 34.1 Å². The Morgan fingerprint density at radius 2 is 0.588 bits per heavy atom. The maximum Gasteiger partial charge on any atom is 0.159 e. The Bertz CT molecular complexity index is 4890. The average molecular weight is 1040 g/mol. The summed E-state index contributed by atoms with van der Waals surface area (Å²) in [4.78, 5) is 4.62. The van der Waals surface area contributed by atoms with Gasteiger partial charge in [-0.25, -0.2) is 0 Å². The molecule has 0 aliphatic rings. The van der Waals surface area contributed by atoms with E-state index in [1.54, 1.807) is 0 Å². The molecule has 16 aromatic rings. The molecule has 4 aromatic heterocycles. The fourth-order valence-electron chi connectivity index (χ4n) is 12.7. The highest BCUT2D eigenvalue weighted by Crippen LogP contribution is 2.48. The molecule has 80 heavy (non-hydrogen) atoms. The Kier molecular flexibility index (Phi) is 9.76. The normalized spacial score (nSPS) is 12.6. The SMILES string of the molecule is CC(C)(C)c1cccc2c1oc1c(N(c3ccccc3)c3ccc4cc5c(cc4c3)oc3cc4cc6oc7cc8cc(N(c9ccccc9)c9cccc%10c9oc9c(C(C)(C)C)cccc9%10)ccc8cc7c6cc4cc35)cccc12. The molecule has 4 heterocycles. The third-order valence-electron chi connectivity index (χ3n) is 16.6. The van der Waals surface area contributed by atoms with E-state index in [4.69, 9.17) is 17.7 Å². The van der Waals surface area contributed by atoms with E-state index in [2.05, 4.69) is 270 Å². The van der Waals surface area contributed by atoms with E-state index >= 15 is 0 Å². The van der Waals surface area contributed by atoms with Crippen LogP contribution in [0.2, 0.25) is 0 Å². The predicted molar refractivity (Wildman–Crippen MR) is 335 cm³/mol. The first kappa shape index (κ1) is 46.3. The summed E-state index contributed by atoms with van der Waals surface area (Å²) in [5.74, 6) is 0. The average Bonchev–Trinajstić information content (AvgIpc) is 4.44. The summed E-state index contributed by atoms with van der Waals surface area (Å²) in [5, 5.41) is 15.4. The van der Waals surface area contributed by atoms with Crippen LogP contribution in [0.25, 0.3) is 120 Å². The number of para-hydroxylation sites is 6. The van der Waals surface area contributed by atoms with Gasteiger partial charge in [-0.2, -0.15) is 0 Å². The van der Waals surface area contributed by atoms with Crippen LogP contribution in [0, 0.1) is 0 Å². The lowest BCUT2D eigenvalue weighted by atomic mass is 9.86. The van der Waals surface area contributed by atoms with Gasteiger partial charge in [0.05, 0.1) is 11.4 Å². The van der Waals surface area contributed by atoms with Gasteiger partial charge in [0.2, 0.25) is 0 Å². The second-order valence-electron chi connectivity index (χ2n) is 23.7. The zero-order valence-electron chi connectivity index (χ0n) is 45.3. The van der Waals surface area contributed by atoms with E-state index in [1.165, 1.54) is 11.1 Å². The lowest BCUT2D eigenvalue weighted by Gasteiger charge is -2.25. The topological polar surface area (TPSA) is 59.0 Å². The van der Waals surface area contributed by atoms with Crippen molar-refractivity contribution < 1.29 is 17.7 Å². The van der Waals surface area contributed by atoms with Crippen LogP contribution < -0.4 is 9.80 Å². The van der Waals surface area contributed by atoms with Gasteiger partial charge in [-0.15, -0.1) is 0 Å². The Morgan fingerprint density at radius 3 is 0.975 bits per heavy atom. The van der Waals surface area contributed by atoms with Crippen LogP contribution in [0.5, 0.6) is 0 Å². The molecular formula is C74H54N2O4. The molecular weight excluding hydrogens is 981 g/mol. The largest absolute Gasteiger partial charge is 0.456 e. The number of hydrogen-bond donors (Lipinski definition) is 0. The van der Waals surface area contributed by atoms with E-state index in [0.717, 1.165) is 154 Å². The molecule has 0 saturated heterocycles.